The number of carbonyl (C=O) groups is 2. The number of hydrogen-bond acceptors (Lipinski definition) is 2. The maximum absolute atomic E-state index is 14.0. The molecule has 0 bridgehead atoms. The average molecular weight is 877 g/mol. The van der Waals surface area contributed by atoms with E-state index in [1.54, 1.807) is 0 Å². The van der Waals surface area contributed by atoms with Crippen LogP contribution in [0.4, 0.5) is 127 Å². The molecule has 322 valence electrons. The minimum Gasteiger partial charge on any atom is -0.481 e. The highest BCUT2D eigenvalue weighted by Crippen LogP contribution is 2.69. The molecule has 0 atom stereocenters. The van der Waals surface area contributed by atoms with Crippen molar-refractivity contribution in [1.82, 2.24) is 5.32 Å². The summed E-state index contributed by atoms with van der Waals surface area (Å²) in [6.45, 7) is -1.46. The number of carbonyl (C=O) groups excluding carboxylic acids is 1. The van der Waals surface area contributed by atoms with Crippen molar-refractivity contribution >= 4 is 11.9 Å². The van der Waals surface area contributed by atoms with Crippen molar-refractivity contribution in [2.75, 3.05) is 6.54 Å². The van der Waals surface area contributed by atoms with Gasteiger partial charge < -0.3 is 10.4 Å². The summed E-state index contributed by atoms with van der Waals surface area (Å²) in [6, 6.07) is 0. The summed E-state index contributed by atoms with van der Waals surface area (Å²) in [6.07, 6.45) is -10.7. The Kier molecular flexibility index (Phi) is 13.0. The van der Waals surface area contributed by atoms with E-state index in [1.807, 2.05) is 0 Å². The number of carboxylic acids is 1. The van der Waals surface area contributed by atoms with E-state index in [0.29, 0.717) is 5.32 Å². The maximum Gasteiger partial charge on any atom is 0.460 e. The summed E-state index contributed by atoms with van der Waals surface area (Å²) in [5.41, 5.74) is 0. The van der Waals surface area contributed by atoms with E-state index in [4.69, 9.17) is 5.11 Å². The summed E-state index contributed by atoms with van der Waals surface area (Å²) in [5, 5.41) is 8.82. The summed E-state index contributed by atoms with van der Waals surface area (Å²) >= 11 is 0. The number of unbranched alkanes of at least 4 members (excludes halogenated alkanes) is 2. The SMILES string of the molecule is O=C(O)CCCCCNC(=O)C(F)(F)C(F)(F)C(F)(F)C(F)(F)C(F)(F)C(F)(F)C(F)(F)C(F)(F)C(F)(F)C(F)(F)C(F)(F)C(F)(F)C(F)(F)C(F)(F)F. The third-order valence-corrected chi connectivity index (χ3v) is 6.73. The highest BCUT2D eigenvalue weighted by molar-refractivity contribution is 5.84. The van der Waals surface area contributed by atoms with Crippen LogP contribution in [-0.2, 0) is 9.59 Å². The van der Waals surface area contributed by atoms with Crippen molar-refractivity contribution in [3.05, 3.63) is 0 Å². The Labute approximate surface area is 276 Å². The number of rotatable bonds is 19. The van der Waals surface area contributed by atoms with E-state index >= 15 is 0 Å². The Morgan fingerprint density at radius 2 is 0.593 bits per heavy atom. The highest BCUT2D eigenvalue weighted by Gasteiger charge is 3.01. The van der Waals surface area contributed by atoms with Crippen molar-refractivity contribution in [2.45, 2.75) is 109 Å². The smallest absolute Gasteiger partial charge is 0.460 e. The summed E-state index contributed by atoms with van der Waals surface area (Å²) in [4.78, 5) is 21.6. The third kappa shape index (κ3) is 6.76. The average Bonchev–Trinajstić information content (AvgIpc) is 2.96. The molecule has 0 radical (unpaired) electrons. The van der Waals surface area contributed by atoms with Crippen molar-refractivity contribution < 1.29 is 142 Å². The van der Waals surface area contributed by atoms with Gasteiger partial charge in [0.25, 0.3) is 5.91 Å². The fourth-order valence-electron chi connectivity index (χ4n) is 3.38. The van der Waals surface area contributed by atoms with Gasteiger partial charge in [-0.25, -0.2) is 0 Å². The van der Waals surface area contributed by atoms with E-state index in [1.165, 1.54) is 0 Å². The molecular weight excluding hydrogens is 865 g/mol. The summed E-state index contributed by atoms with van der Waals surface area (Å²) < 4.78 is 393. The first-order valence-electron chi connectivity index (χ1n) is 12.6. The molecule has 0 aromatic heterocycles. The van der Waals surface area contributed by atoms with Crippen LogP contribution in [0.1, 0.15) is 25.7 Å². The number of carboxylic acid groups (broad SMARTS) is 1. The van der Waals surface area contributed by atoms with E-state index in [9.17, 15) is 137 Å². The van der Waals surface area contributed by atoms with Crippen LogP contribution in [-0.4, -0.2) is 107 Å². The normalized spacial score (nSPS) is 16.1. The number of hydrogen-bond donors (Lipinski definition) is 2. The molecule has 0 rings (SSSR count). The minimum absolute atomic E-state index is 0.415. The van der Waals surface area contributed by atoms with Gasteiger partial charge in [0.1, 0.15) is 0 Å². The second-order valence-corrected chi connectivity index (χ2v) is 10.4. The number of nitrogens with one attached hydrogen (secondary N) is 1. The van der Waals surface area contributed by atoms with Gasteiger partial charge in [0.05, 0.1) is 0 Å². The van der Waals surface area contributed by atoms with Gasteiger partial charge in [-0.2, -0.15) is 127 Å². The molecule has 0 saturated carbocycles. The van der Waals surface area contributed by atoms with Crippen molar-refractivity contribution in [1.29, 1.82) is 0 Å². The lowest BCUT2D eigenvalue weighted by atomic mass is 9.83. The molecule has 0 heterocycles. The first-order valence-corrected chi connectivity index (χ1v) is 12.6. The summed E-state index contributed by atoms with van der Waals surface area (Å²) in [5.74, 6) is -128. The van der Waals surface area contributed by atoms with Crippen molar-refractivity contribution in [3.8, 4) is 0 Å². The zero-order valence-electron chi connectivity index (χ0n) is 24.3. The first-order chi connectivity index (χ1) is 23.1. The standard InChI is InChI=1S/C21H12F29NO3/c22-8(23,7(54)51-5-3-1-2-4-6(52)53)9(24,25)10(26,27)11(28,29)12(30,31)13(32,33)14(34,35)15(36,37)16(38,39)17(40,41)18(42,43)19(44,45)20(46,47)21(48,49)50/h1-5H2,(H,51,54)(H,52,53). The van der Waals surface area contributed by atoms with Gasteiger partial charge in [-0.05, 0) is 12.8 Å². The van der Waals surface area contributed by atoms with Gasteiger partial charge in [0.15, 0.2) is 0 Å². The van der Waals surface area contributed by atoms with Gasteiger partial charge >= 0.3 is 89.1 Å². The molecule has 2 N–H and O–H groups in total. The molecule has 0 unspecified atom stereocenters. The van der Waals surface area contributed by atoms with E-state index < -0.39 is 127 Å². The highest BCUT2D eigenvalue weighted by atomic mass is 19.4. The zero-order valence-corrected chi connectivity index (χ0v) is 24.3. The molecule has 0 spiro atoms. The van der Waals surface area contributed by atoms with Gasteiger partial charge in [-0.1, -0.05) is 6.42 Å². The molecule has 0 aliphatic heterocycles. The molecule has 0 aromatic carbocycles. The molecule has 1 amide bonds. The van der Waals surface area contributed by atoms with Gasteiger partial charge in [-0.3, -0.25) is 9.59 Å². The monoisotopic (exact) mass is 877 g/mol. The van der Waals surface area contributed by atoms with Crippen molar-refractivity contribution in [3.63, 3.8) is 0 Å². The van der Waals surface area contributed by atoms with Gasteiger partial charge in [0, 0.05) is 13.0 Å². The fourth-order valence-corrected chi connectivity index (χ4v) is 3.38. The van der Waals surface area contributed by atoms with Crippen LogP contribution in [0.3, 0.4) is 0 Å². The Morgan fingerprint density at radius 1 is 0.352 bits per heavy atom. The van der Waals surface area contributed by atoms with E-state index in [0.717, 1.165) is 0 Å². The Bertz CT molecular complexity index is 1360. The zero-order chi connectivity index (χ0) is 44.4. The Hall–Kier alpha value is -3.09. The van der Waals surface area contributed by atoms with Crippen molar-refractivity contribution in [2.24, 2.45) is 0 Å². The molecule has 4 nitrogen and oxygen atoms in total. The molecule has 0 aliphatic rings. The Balaban J connectivity index is 7.19. The lowest BCUT2D eigenvalue weighted by Gasteiger charge is -2.46. The first kappa shape index (κ1) is 50.9. The lowest BCUT2D eigenvalue weighted by Crippen LogP contribution is -2.79. The van der Waals surface area contributed by atoms with Gasteiger partial charge in [-0.15, -0.1) is 0 Å². The van der Waals surface area contributed by atoms with E-state index in [2.05, 4.69) is 0 Å². The molecule has 0 aliphatic carbocycles. The number of alkyl halides is 29. The summed E-state index contributed by atoms with van der Waals surface area (Å²) in [7, 11) is 0. The van der Waals surface area contributed by atoms with Crippen LogP contribution in [0, 0.1) is 0 Å². The number of amides is 1. The topological polar surface area (TPSA) is 66.4 Å². The van der Waals surface area contributed by atoms with Gasteiger partial charge in [0.2, 0.25) is 0 Å². The van der Waals surface area contributed by atoms with Crippen LogP contribution in [0.25, 0.3) is 0 Å². The number of halogens is 29. The second kappa shape index (κ2) is 13.8. The molecule has 0 fully saturated rings. The van der Waals surface area contributed by atoms with Crippen LogP contribution < -0.4 is 5.32 Å². The predicted molar refractivity (Wildman–Crippen MR) is 109 cm³/mol. The molecule has 0 aromatic rings. The van der Waals surface area contributed by atoms with Crippen LogP contribution >= 0.6 is 0 Å². The molecule has 0 saturated heterocycles. The molecule has 54 heavy (non-hydrogen) atoms. The molecular formula is C21H12F29NO3. The van der Waals surface area contributed by atoms with Crippen LogP contribution in [0.2, 0.25) is 0 Å². The van der Waals surface area contributed by atoms with Crippen LogP contribution in [0.15, 0.2) is 0 Å². The molecule has 33 heteroatoms. The quantitative estimate of drug-likeness (QED) is 0.100. The maximum atomic E-state index is 14.0. The largest absolute Gasteiger partial charge is 0.481 e. The van der Waals surface area contributed by atoms with Crippen LogP contribution in [0.5, 0.6) is 0 Å². The third-order valence-electron chi connectivity index (χ3n) is 6.73. The van der Waals surface area contributed by atoms with E-state index in [-0.39, 0.29) is 0 Å². The predicted octanol–water partition coefficient (Wildman–Crippen LogP) is 9.57. The Morgan fingerprint density at radius 3 is 0.833 bits per heavy atom. The lowest BCUT2D eigenvalue weighted by molar-refractivity contribution is -0.486. The second-order valence-electron chi connectivity index (χ2n) is 10.4. The minimum atomic E-state index is -10.0. The number of aliphatic carboxylic acids is 1. The fraction of sp³-hybridized carbons (Fsp3) is 0.905.